The summed E-state index contributed by atoms with van der Waals surface area (Å²) in [6.07, 6.45) is 2.74. The molecule has 0 aromatic heterocycles. The Morgan fingerprint density at radius 2 is 1.64 bits per heavy atom. The normalized spacial score (nSPS) is 23.3. The third-order valence-electron chi connectivity index (χ3n) is 7.61. The van der Waals surface area contributed by atoms with Gasteiger partial charge in [-0.05, 0) is 42.5 Å². The Balaban J connectivity index is 1.54. The van der Waals surface area contributed by atoms with Gasteiger partial charge in [-0.15, -0.1) is 0 Å². The molecule has 36 heavy (non-hydrogen) atoms. The molecule has 10 nitrogen and oxygen atoms in total. The number of hydrogen-bond donors (Lipinski definition) is 1. The first-order valence-electron chi connectivity index (χ1n) is 12.0. The van der Waals surface area contributed by atoms with E-state index >= 15 is 0 Å². The summed E-state index contributed by atoms with van der Waals surface area (Å²) in [6, 6.07) is 10.1. The molecular weight excluding hydrogens is 466 g/mol. The van der Waals surface area contributed by atoms with Gasteiger partial charge in [0, 0.05) is 18.7 Å². The molecule has 3 atom stereocenters. The molecule has 5 rings (SSSR count). The van der Waals surface area contributed by atoms with Crippen LogP contribution in [0, 0.1) is 22.0 Å². The van der Waals surface area contributed by atoms with Crippen molar-refractivity contribution >= 4 is 29.4 Å². The molecule has 2 heterocycles. The highest BCUT2D eigenvalue weighted by atomic mass is 16.6. The average molecular weight is 492 g/mol. The molecule has 10 heteroatoms. The molecule has 1 N–H and O–H groups in total. The van der Waals surface area contributed by atoms with E-state index in [1.165, 1.54) is 17.0 Å². The van der Waals surface area contributed by atoms with E-state index in [9.17, 15) is 34.4 Å². The highest BCUT2D eigenvalue weighted by molar-refractivity contribution is 6.21. The first kappa shape index (κ1) is 23.7. The highest BCUT2D eigenvalue weighted by Gasteiger charge is 2.44. The molecule has 1 saturated carbocycles. The molecule has 1 fully saturated rings. The van der Waals surface area contributed by atoms with Crippen molar-refractivity contribution < 1.29 is 29.2 Å². The van der Waals surface area contributed by atoms with Gasteiger partial charge >= 0.3 is 5.97 Å². The summed E-state index contributed by atoms with van der Waals surface area (Å²) in [4.78, 5) is 65.5. The minimum Gasteiger partial charge on any atom is -0.481 e. The molecule has 2 aliphatic heterocycles. The van der Waals surface area contributed by atoms with E-state index in [1.54, 1.807) is 30.3 Å². The van der Waals surface area contributed by atoms with Gasteiger partial charge in [-0.25, -0.2) is 0 Å². The van der Waals surface area contributed by atoms with Crippen LogP contribution in [0.5, 0.6) is 0 Å². The topological polar surface area (TPSA) is 138 Å². The lowest BCUT2D eigenvalue weighted by atomic mass is 9.77. The maximum atomic E-state index is 13.8. The Bertz CT molecular complexity index is 1260. The minimum atomic E-state index is -1.02. The number of aliphatic carboxylic acids is 1. The summed E-state index contributed by atoms with van der Waals surface area (Å²) < 4.78 is 0. The monoisotopic (exact) mass is 491 g/mol. The van der Waals surface area contributed by atoms with E-state index in [1.807, 2.05) is 0 Å². The Morgan fingerprint density at radius 1 is 1.00 bits per heavy atom. The summed E-state index contributed by atoms with van der Waals surface area (Å²) >= 11 is 0. The van der Waals surface area contributed by atoms with Crippen molar-refractivity contribution in [1.29, 1.82) is 0 Å². The number of amides is 3. The van der Waals surface area contributed by atoms with Crippen LogP contribution < -0.4 is 0 Å². The maximum Gasteiger partial charge on any atom is 0.307 e. The second kappa shape index (κ2) is 9.18. The number of benzene rings is 2. The van der Waals surface area contributed by atoms with E-state index in [0.29, 0.717) is 24.8 Å². The number of nitrogens with zero attached hydrogens (tertiary/aromatic N) is 3. The number of carbonyl (C=O) groups is 4. The molecule has 0 spiro atoms. The van der Waals surface area contributed by atoms with Crippen LogP contribution in [-0.2, 0) is 16.0 Å². The zero-order valence-corrected chi connectivity index (χ0v) is 19.5. The molecule has 186 valence electrons. The average Bonchev–Trinajstić information content (AvgIpc) is 3.13. The fraction of sp³-hybridized carbons (Fsp3) is 0.385. The Hall–Kier alpha value is -4.08. The number of rotatable bonds is 5. The predicted octanol–water partition coefficient (Wildman–Crippen LogP) is 3.21. The molecule has 3 amide bonds. The van der Waals surface area contributed by atoms with Crippen molar-refractivity contribution in [2.45, 2.75) is 38.1 Å². The van der Waals surface area contributed by atoms with Gasteiger partial charge in [-0.2, -0.15) is 0 Å². The van der Waals surface area contributed by atoms with E-state index in [0.717, 1.165) is 23.3 Å². The fourth-order valence-electron chi connectivity index (χ4n) is 5.77. The fourth-order valence-corrected chi connectivity index (χ4v) is 5.77. The number of non-ortho nitro benzene ring substituents is 1. The van der Waals surface area contributed by atoms with Gasteiger partial charge in [0.25, 0.3) is 17.5 Å². The second-order valence-corrected chi connectivity index (χ2v) is 9.54. The van der Waals surface area contributed by atoms with E-state index in [2.05, 4.69) is 0 Å². The number of nitro groups is 1. The summed E-state index contributed by atoms with van der Waals surface area (Å²) in [5, 5.41) is 21.2. The molecule has 0 bridgehead atoms. The van der Waals surface area contributed by atoms with Crippen molar-refractivity contribution in [3.63, 3.8) is 0 Å². The van der Waals surface area contributed by atoms with Gasteiger partial charge in [0.05, 0.1) is 40.5 Å². The standard InChI is InChI=1S/C26H25N3O7/c30-23(19-7-3-4-8-20(19)26(33)34)27-12-11-15-9-10-16(29(35)36)13-21(15)22(27)14-28-24(31)17-5-1-2-6-18(17)25(28)32/h1-2,5-6,9-10,13,19-20,22H,3-4,7-8,11-12,14H2,(H,33,34)/t19-,20+,22?/m1/s1. The van der Waals surface area contributed by atoms with Crippen molar-refractivity contribution in [3.8, 4) is 0 Å². The molecule has 2 aromatic rings. The summed E-state index contributed by atoms with van der Waals surface area (Å²) in [5.41, 5.74) is 1.69. The van der Waals surface area contributed by atoms with Crippen LogP contribution in [0.2, 0.25) is 0 Å². The van der Waals surface area contributed by atoms with Crippen molar-refractivity contribution in [2.24, 2.45) is 11.8 Å². The van der Waals surface area contributed by atoms with E-state index in [-0.39, 0.29) is 35.8 Å². The Morgan fingerprint density at radius 3 is 2.25 bits per heavy atom. The first-order chi connectivity index (χ1) is 17.3. The lowest BCUT2D eigenvalue weighted by molar-refractivity contribution is -0.385. The summed E-state index contributed by atoms with van der Waals surface area (Å²) in [5.74, 6) is -3.86. The number of hydrogen-bond acceptors (Lipinski definition) is 6. The van der Waals surface area contributed by atoms with Gasteiger partial charge in [0.1, 0.15) is 0 Å². The van der Waals surface area contributed by atoms with Crippen LogP contribution in [0.15, 0.2) is 42.5 Å². The van der Waals surface area contributed by atoms with Crippen LogP contribution in [0.25, 0.3) is 0 Å². The van der Waals surface area contributed by atoms with Crippen LogP contribution in [0.3, 0.4) is 0 Å². The lowest BCUT2D eigenvalue weighted by Gasteiger charge is -2.41. The molecule has 0 saturated heterocycles. The first-order valence-corrected chi connectivity index (χ1v) is 12.0. The summed E-state index contributed by atoms with van der Waals surface area (Å²) in [6.45, 7) is 0.0943. The predicted molar refractivity (Wildman–Crippen MR) is 126 cm³/mol. The van der Waals surface area contributed by atoms with Gasteiger partial charge in [0.2, 0.25) is 5.91 Å². The number of carbonyl (C=O) groups excluding carboxylic acids is 3. The van der Waals surface area contributed by atoms with Crippen molar-refractivity contribution in [2.75, 3.05) is 13.1 Å². The maximum absolute atomic E-state index is 13.8. The van der Waals surface area contributed by atoms with Gasteiger partial charge in [-0.1, -0.05) is 31.0 Å². The number of carboxylic acid groups (broad SMARTS) is 1. The van der Waals surface area contributed by atoms with E-state index in [4.69, 9.17) is 0 Å². The molecule has 1 aliphatic carbocycles. The highest BCUT2D eigenvalue weighted by Crippen LogP contribution is 2.39. The van der Waals surface area contributed by atoms with Crippen LogP contribution in [0.4, 0.5) is 5.69 Å². The molecular formula is C26H25N3O7. The SMILES string of the molecule is O=C(O)[C@H]1CCCC[C@H]1C(=O)N1CCc2ccc([N+](=O)[O-])cc2C1CN1C(=O)c2ccccc2C1=O. The Kier molecular flexibility index (Phi) is 6.03. The zero-order valence-electron chi connectivity index (χ0n) is 19.5. The molecule has 1 unspecified atom stereocenters. The van der Waals surface area contributed by atoms with E-state index < -0.39 is 40.6 Å². The van der Waals surface area contributed by atoms with Crippen LogP contribution in [-0.4, -0.2) is 56.6 Å². The second-order valence-electron chi connectivity index (χ2n) is 9.54. The smallest absolute Gasteiger partial charge is 0.307 e. The van der Waals surface area contributed by atoms with Crippen LogP contribution >= 0.6 is 0 Å². The van der Waals surface area contributed by atoms with Gasteiger partial charge < -0.3 is 10.0 Å². The Labute approximate surface area is 206 Å². The third kappa shape index (κ3) is 3.92. The molecule has 0 radical (unpaired) electrons. The van der Waals surface area contributed by atoms with Gasteiger partial charge in [0.15, 0.2) is 0 Å². The molecule has 3 aliphatic rings. The van der Waals surface area contributed by atoms with Crippen molar-refractivity contribution in [3.05, 3.63) is 74.8 Å². The number of imide groups is 1. The number of fused-ring (bicyclic) bond motifs is 2. The zero-order chi connectivity index (χ0) is 25.6. The minimum absolute atomic E-state index is 0.156. The summed E-state index contributed by atoms with van der Waals surface area (Å²) in [7, 11) is 0. The largest absolute Gasteiger partial charge is 0.481 e. The number of nitro benzene ring substituents is 1. The van der Waals surface area contributed by atoms with Crippen molar-refractivity contribution in [1.82, 2.24) is 9.80 Å². The van der Waals surface area contributed by atoms with Gasteiger partial charge in [-0.3, -0.25) is 34.2 Å². The molecule has 2 aromatic carbocycles. The lowest BCUT2D eigenvalue weighted by Crippen LogP contribution is -2.50. The van der Waals surface area contributed by atoms with Crippen LogP contribution in [0.1, 0.15) is 63.6 Å². The number of carboxylic acids is 1. The third-order valence-corrected chi connectivity index (χ3v) is 7.61. The quantitative estimate of drug-likeness (QED) is 0.385.